The lowest BCUT2D eigenvalue weighted by Gasteiger charge is -2.34. The van der Waals surface area contributed by atoms with Crippen molar-refractivity contribution in [2.75, 3.05) is 26.2 Å². The third-order valence-electron chi connectivity index (χ3n) is 4.84. The van der Waals surface area contributed by atoms with Crippen LogP contribution >= 0.6 is 22.9 Å². The quantitative estimate of drug-likeness (QED) is 0.521. The molecule has 1 aromatic carbocycles. The highest BCUT2D eigenvalue weighted by atomic mass is 35.5. The number of carbonyl (C=O) groups excluding carboxylic acids is 1. The number of piperazine rings is 1. The van der Waals surface area contributed by atoms with Crippen LogP contribution in [0, 0.1) is 6.92 Å². The first kappa shape index (κ1) is 21.6. The van der Waals surface area contributed by atoms with E-state index in [-0.39, 0.29) is 36.3 Å². The highest BCUT2D eigenvalue weighted by molar-refractivity contribution is 7.91. The smallest absolute Gasteiger partial charge is 0.272 e. The molecular weight excluding hydrogens is 460 g/mol. The van der Waals surface area contributed by atoms with Crippen LogP contribution in [0.15, 0.2) is 46.7 Å². The molecule has 3 aromatic rings. The van der Waals surface area contributed by atoms with Gasteiger partial charge in [0.25, 0.3) is 15.9 Å². The molecule has 0 radical (unpaired) electrons. The minimum atomic E-state index is -3.63. The van der Waals surface area contributed by atoms with Crippen molar-refractivity contribution in [2.45, 2.75) is 11.1 Å². The van der Waals surface area contributed by atoms with Crippen LogP contribution < -0.4 is 0 Å². The molecule has 3 heterocycles. The van der Waals surface area contributed by atoms with Crippen LogP contribution in [0.25, 0.3) is 11.8 Å². The zero-order valence-electron chi connectivity index (χ0n) is 16.5. The van der Waals surface area contributed by atoms with Crippen molar-refractivity contribution in [2.24, 2.45) is 0 Å². The highest BCUT2D eigenvalue weighted by Crippen LogP contribution is 2.29. The van der Waals surface area contributed by atoms with E-state index in [0.29, 0.717) is 15.9 Å². The molecule has 2 aromatic heterocycles. The number of amides is 1. The van der Waals surface area contributed by atoms with Crippen LogP contribution in [0.1, 0.15) is 11.4 Å². The van der Waals surface area contributed by atoms with Gasteiger partial charge < -0.3 is 4.90 Å². The topological polar surface area (TPSA) is 101 Å². The number of carbonyl (C=O) groups is 1. The fourth-order valence-corrected chi connectivity index (χ4v) is 6.29. The van der Waals surface area contributed by atoms with E-state index < -0.39 is 10.0 Å². The first-order valence-corrected chi connectivity index (χ1v) is 12.1. The van der Waals surface area contributed by atoms with Crippen LogP contribution in [0.3, 0.4) is 0 Å². The third-order valence-corrected chi connectivity index (χ3v) is 8.44. The van der Waals surface area contributed by atoms with E-state index >= 15 is 0 Å². The lowest BCUT2D eigenvalue weighted by molar-refractivity contribution is -0.126. The predicted molar refractivity (Wildman–Crippen MR) is 118 cm³/mol. The second-order valence-corrected chi connectivity index (χ2v) is 10.7. The molecule has 0 saturated carbocycles. The van der Waals surface area contributed by atoms with E-state index in [1.54, 1.807) is 24.0 Å². The lowest BCUT2D eigenvalue weighted by atomic mass is 10.1. The molecule has 9 nitrogen and oxygen atoms in total. The van der Waals surface area contributed by atoms with Crippen molar-refractivity contribution < 1.29 is 13.2 Å². The highest BCUT2D eigenvalue weighted by Gasteiger charge is 2.32. The molecule has 0 bridgehead atoms. The van der Waals surface area contributed by atoms with Crippen LogP contribution in [-0.4, -0.2) is 69.9 Å². The number of sulfonamides is 1. The van der Waals surface area contributed by atoms with Crippen LogP contribution in [0.4, 0.5) is 0 Å². The molecule has 31 heavy (non-hydrogen) atoms. The Bertz CT molecular complexity index is 1210. The molecule has 1 fully saturated rings. The first-order valence-electron chi connectivity index (χ1n) is 9.43. The predicted octanol–water partition coefficient (Wildman–Crippen LogP) is 2.23. The average Bonchev–Trinajstić information content (AvgIpc) is 3.41. The summed E-state index contributed by atoms with van der Waals surface area (Å²) in [5.74, 6) is 0.210. The van der Waals surface area contributed by atoms with Gasteiger partial charge in [0, 0.05) is 26.2 Å². The summed E-state index contributed by atoms with van der Waals surface area (Å²) in [6, 6.07) is 12.5. The Labute approximate surface area is 188 Å². The Morgan fingerprint density at radius 3 is 2.39 bits per heavy atom. The van der Waals surface area contributed by atoms with Crippen molar-refractivity contribution in [3.8, 4) is 0 Å². The van der Waals surface area contributed by atoms with Crippen molar-refractivity contribution in [3.63, 3.8) is 0 Å². The SMILES string of the molecule is Cc1nnnn1/C(=C\c1ccccc1)C(=O)N1CCN(S(=O)(=O)c2ccc(Cl)s2)CC1. The third kappa shape index (κ3) is 4.54. The van der Waals surface area contributed by atoms with Gasteiger partial charge in [0.1, 0.15) is 9.91 Å². The largest absolute Gasteiger partial charge is 0.335 e. The molecule has 162 valence electrons. The number of rotatable bonds is 5. The fraction of sp³-hybridized carbons (Fsp3) is 0.263. The van der Waals surface area contributed by atoms with Gasteiger partial charge in [-0.1, -0.05) is 41.9 Å². The number of benzene rings is 1. The Hall–Kier alpha value is -2.60. The minimum absolute atomic E-state index is 0.191. The number of hydrogen-bond donors (Lipinski definition) is 0. The summed E-state index contributed by atoms with van der Waals surface area (Å²) in [7, 11) is -3.63. The number of aromatic nitrogens is 4. The number of tetrazole rings is 1. The maximum absolute atomic E-state index is 13.3. The molecule has 1 aliphatic heterocycles. The summed E-state index contributed by atoms with van der Waals surface area (Å²) in [6.45, 7) is 2.60. The minimum Gasteiger partial charge on any atom is -0.335 e. The van der Waals surface area contributed by atoms with Gasteiger partial charge in [-0.3, -0.25) is 4.79 Å². The number of aryl methyl sites for hydroxylation is 1. The van der Waals surface area contributed by atoms with Crippen LogP contribution in [0.2, 0.25) is 4.34 Å². The van der Waals surface area contributed by atoms with Gasteiger partial charge in [-0.25, -0.2) is 8.42 Å². The normalized spacial score (nSPS) is 15.9. The van der Waals surface area contributed by atoms with Gasteiger partial charge >= 0.3 is 0 Å². The Morgan fingerprint density at radius 1 is 1.10 bits per heavy atom. The maximum atomic E-state index is 13.3. The van der Waals surface area contributed by atoms with Crippen molar-refractivity contribution >= 4 is 50.6 Å². The molecule has 0 N–H and O–H groups in total. The number of thiophene rings is 1. The van der Waals surface area contributed by atoms with Crippen molar-refractivity contribution in [1.29, 1.82) is 0 Å². The molecular formula is C19H19ClN6O3S2. The molecule has 0 spiro atoms. The monoisotopic (exact) mass is 478 g/mol. The zero-order chi connectivity index (χ0) is 22.0. The summed E-state index contributed by atoms with van der Waals surface area (Å²) >= 11 is 6.91. The summed E-state index contributed by atoms with van der Waals surface area (Å²) in [4.78, 5) is 15.0. The zero-order valence-corrected chi connectivity index (χ0v) is 18.9. The summed E-state index contributed by atoms with van der Waals surface area (Å²) < 4.78 is 29.0. The first-order chi connectivity index (χ1) is 14.9. The van der Waals surface area contributed by atoms with E-state index in [9.17, 15) is 13.2 Å². The molecule has 0 aliphatic carbocycles. The Kier molecular flexibility index (Phi) is 6.19. The standard InChI is InChI=1S/C19H19ClN6O3S2/c1-14-21-22-23-26(14)16(13-15-5-3-2-4-6-15)19(27)24-9-11-25(12-10-24)31(28,29)18-8-7-17(20)30-18/h2-8,13H,9-12H2,1H3/b16-13-. The van der Waals surface area contributed by atoms with E-state index in [0.717, 1.165) is 16.9 Å². The fourth-order valence-electron chi connectivity index (χ4n) is 3.23. The Morgan fingerprint density at radius 2 is 1.81 bits per heavy atom. The molecule has 1 amide bonds. The van der Waals surface area contributed by atoms with Gasteiger partial charge in [0.05, 0.1) is 4.34 Å². The van der Waals surface area contributed by atoms with Gasteiger partial charge in [-0.15, -0.1) is 16.4 Å². The van der Waals surface area contributed by atoms with Crippen LogP contribution in [-0.2, 0) is 14.8 Å². The molecule has 0 unspecified atom stereocenters. The van der Waals surface area contributed by atoms with E-state index in [1.165, 1.54) is 15.1 Å². The second kappa shape index (κ2) is 8.87. The number of hydrogen-bond acceptors (Lipinski definition) is 7. The van der Waals surface area contributed by atoms with E-state index in [1.807, 2.05) is 30.3 Å². The molecule has 12 heteroatoms. The number of nitrogens with zero attached hydrogens (tertiary/aromatic N) is 6. The second-order valence-electron chi connectivity index (χ2n) is 6.83. The molecule has 1 aliphatic rings. The molecule has 1 saturated heterocycles. The molecule has 0 atom stereocenters. The van der Waals surface area contributed by atoms with E-state index in [2.05, 4.69) is 15.5 Å². The average molecular weight is 479 g/mol. The lowest BCUT2D eigenvalue weighted by Crippen LogP contribution is -2.50. The van der Waals surface area contributed by atoms with Gasteiger partial charge in [-0.2, -0.15) is 8.99 Å². The van der Waals surface area contributed by atoms with Crippen molar-refractivity contribution in [1.82, 2.24) is 29.4 Å². The Balaban J connectivity index is 1.54. The maximum Gasteiger partial charge on any atom is 0.272 e. The molecule has 4 rings (SSSR count). The summed E-state index contributed by atoms with van der Waals surface area (Å²) in [6.07, 6.45) is 1.72. The van der Waals surface area contributed by atoms with Gasteiger partial charge in [0.15, 0.2) is 5.82 Å². The summed E-state index contributed by atoms with van der Waals surface area (Å²) in [5.41, 5.74) is 1.13. The van der Waals surface area contributed by atoms with E-state index in [4.69, 9.17) is 11.6 Å². The van der Waals surface area contributed by atoms with Gasteiger partial charge in [-0.05, 0) is 41.1 Å². The van der Waals surface area contributed by atoms with Crippen LogP contribution in [0.5, 0.6) is 0 Å². The van der Waals surface area contributed by atoms with Crippen molar-refractivity contribution in [3.05, 3.63) is 58.2 Å². The number of halogens is 1. The summed E-state index contributed by atoms with van der Waals surface area (Å²) in [5, 5.41) is 11.5. The van der Waals surface area contributed by atoms with Gasteiger partial charge in [0.2, 0.25) is 0 Å².